The molecule has 5 rings (SSSR count). The first-order chi connectivity index (χ1) is 21.4. The predicted octanol–water partition coefficient (Wildman–Crippen LogP) is 6.51. The lowest BCUT2D eigenvalue weighted by atomic mass is 10.0. The number of aromatic amines is 1. The fourth-order valence-electron chi connectivity index (χ4n) is 4.73. The van der Waals surface area contributed by atoms with Crippen molar-refractivity contribution in [1.82, 2.24) is 10.4 Å². The van der Waals surface area contributed by atoms with Crippen LogP contribution in [0.25, 0.3) is 22.0 Å². The van der Waals surface area contributed by atoms with Crippen molar-refractivity contribution in [1.29, 1.82) is 0 Å². The second kappa shape index (κ2) is 13.2. The number of carbonyl (C=O) groups is 2. The van der Waals surface area contributed by atoms with Crippen LogP contribution in [-0.4, -0.2) is 51.5 Å². The highest BCUT2D eigenvalue weighted by atomic mass is 35.5. The molecule has 0 saturated heterocycles. The van der Waals surface area contributed by atoms with Crippen LogP contribution < -0.4 is 29.1 Å². The molecule has 0 spiro atoms. The number of hydrogen-bond donors (Lipinski definition) is 2. The average molecular weight is 614 g/mol. The van der Waals surface area contributed by atoms with Crippen molar-refractivity contribution in [2.24, 2.45) is 5.10 Å². The molecule has 10 nitrogen and oxygen atoms in total. The van der Waals surface area contributed by atoms with Crippen LogP contribution in [0.4, 0.5) is 0 Å². The van der Waals surface area contributed by atoms with Crippen molar-refractivity contribution in [3.05, 3.63) is 101 Å². The van der Waals surface area contributed by atoms with Crippen LogP contribution in [0, 0.1) is 0 Å². The molecule has 1 amide bonds. The maximum atomic E-state index is 13.5. The van der Waals surface area contributed by atoms with E-state index < -0.39 is 11.9 Å². The summed E-state index contributed by atoms with van der Waals surface area (Å²) in [6.45, 7) is 0. The topological polar surface area (TPSA) is 120 Å². The highest BCUT2D eigenvalue weighted by molar-refractivity contribution is 6.34. The summed E-state index contributed by atoms with van der Waals surface area (Å²) >= 11 is 6.53. The predicted molar refractivity (Wildman–Crippen MR) is 168 cm³/mol. The summed E-state index contributed by atoms with van der Waals surface area (Å²) in [5.41, 5.74) is 5.35. The van der Waals surface area contributed by atoms with E-state index in [2.05, 4.69) is 15.5 Å². The zero-order chi connectivity index (χ0) is 31.2. The van der Waals surface area contributed by atoms with E-state index in [0.29, 0.717) is 50.2 Å². The number of esters is 1. The Morgan fingerprint density at radius 1 is 0.795 bits per heavy atom. The highest BCUT2D eigenvalue weighted by Crippen LogP contribution is 2.40. The number of halogens is 1. The van der Waals surface area contributed by atoms with Gasteiger partial charge in [0.15, 0.2) is 11.5 Å². The number of nitrogens with one attached hydrogen (secondary N) is 2. The van der Waals surface area contributed by atoms with Gasteiger partial charge in [-0.15, -0.1) is 0 Å². The number of amides is 1. The SMILES string of the molecule is COc1cc(C(=O)Oc2ccccc2C=NNC(=O)c2[nH]c3c(OC)cccc3c2-c2ccccc2Cl)cc(OC)c1OC. The number of aromatic nitrogens is 1. The first-order valence-corrected chi connectivity index (χ1v) is 13.7. The van der Waals surface area contributed by atoms with Gasteiger partial charge in [-0.2, -0.15) is 5.10 Å². The van der Waals surface area contributed by atoms with Crippen molar-refractivity contribution in [3.63, 3.8) is 0 Å². The van der Waals surface area contributed by atoms with E-state index in [1.165, 1.54) is 39.7 Å². The number of methoxy groups -OCH3 is 4. The lowest BCUT2D eigenvalue weighted by molar-refractivity contribution is 0.0733. The Bertz CT molecular complexity index is 1860. The molecule has 44 heavy (non-hydrogen) atoms. The molecule has 4 aromatic carbocycles. The van der Waals surface area contributed by atoms with Gasteiger partial charge in [-0.3, -0.25) is 4.79 Å². The zero-order valence-electron chi connectivity index (χ0n) is 24.3. The summed E-state index contributed by atoms with van der Waals surface area (Å²) in [5.74, 6) is 0.578. The van der Waals surface area contributed by atoms with Gasteiger partial charge < -0.3 is 28.7 Å². The lowest BCUT2D eigenvalue weighted by Gasteiger charge is -2.14. The normalized spacial score (nSPS) is 10.9. The Morgan fingerprint density at radius 2 is 1.45 bits per heavy atom. The van der Waals surface area contributed by atoms with Gasteiger partial charge in [-0.1, -0.05) is 54.1 Å². The number of fused-ring (bicyclic) bond motifs is 1. The molecule has 0 fully saturated rings. The molecule has 0 bridgehead atoms. The fraction of sp³-hybridized carbons (Fsp3) is 0.121. The number of benzene rings is 4. The van der Waals surface area contributed by atoms with Crippen LogP contribution in [-0.2, 0) is 0 Å². The van der Waals surface area contributed by atoms with Gasteiger partial charge >= 0.3 is 5.97 Å². The van der Waals surface area contributed by atoms with Gasteiger partial charge in [0.25, 0.3) is 5.91 Å². The van der Waals surface area contributed by atoms with Crippen molar-refractivity contribution in [3.8, 4) is 39.9 Å². The Labute approximate surface area is 258 Å². The van der Waals surface area contributed by atoms with Crippen LogP contribution in [0.15, 0.2) is 84.0 Å². The third kappa shape index (κ3) is 5.88. The number of nitrogens with zero attached hydrogens (tertiary/aromatic N) is 1. The Balaban J connectivity index is 1.41. The summed E-state index contributed by atoms with van der Waals surface area (Å²) in [5, 5.41) is 5.39. The first-order valence-electron chi connectivity index (χ1n) is 13.3. The minimum atomic E-state index is -0.662. The van der Waals surface area contributed by atoms with Crippen LogP contribution in [0.5, 0.6) is 28.7 Å². The summed E-state index contributed by atoms with van der Waals surface area (Å²) in [4.78, 5) is 29.7. The maximum Gasteiger partial charge on any atom is 0.343 e. The van der Waals surface area contributed by atoms with Crippen molar-refractivity contribution >= 4 is 40.6 Å². The van der Waals surface area contributed by atoms with E-state index in [1.807, 2.05) is 30.3 Å². The van der Waals surface area contributed by atoms with E-state index in [9.17, 15) is 9.59 Å². The number of hydrazone groups is 1. The van der Waals surface area contributed by atoms with Crippen LogP contribution in [0.3, 0.4) is 0 Å². The van der Waals surface area contributed by atoms with Crippen LogP contribution in [0.2, 0.25) is 5.02 Å². The second-order valence-corrected chi connectivity index (χ2v) is 9.69. The third-order valence-corrected chi connectivity index (χ3v) is 7.11. The lowest BCUT2D eigenvalue weighted by Crippen LogP contribution is -2.19. The molecule has 5 aromatic rings. The van der Waals surface area contributed by atoms with E-state index in [1.54, 1.807) is 43.5 Å². The van der Waals surface area contributed by atoms with E-state index in [-0.39, 0.29) is 17.0 Å². The molecule has 1 aromatic heterocycles. The van der Waals surface area contributed by atoms with Gasteiger partial charge in [-0.25, -0.2) is 10.2 Å². The zero-order valence-corrected chi connectivity index (χ0v) is 25.0. The standard InChI is InChI=1S/C33H28ClN3O7/c1-40-25-15-9-12-22-28(21-11-6-7-13-23(21)34)30(36-29(22)25)32(38)37-35-18-19-10-5-8-14-24(19)44-33(39)20-16-26(41-2)31(43-4)27(17-20)42-3/h5-18,36H,1-4H3,(H,37,38). The van der Waals surface area contributed by atoms with Gasteiger partial charge in [0.05, 0.1) is 45.7 Å². The maximum absolute atomic E-state index is 13.5. The summed E-state index contributed by atoms with van der Waals surface area (Å²) in [6, 6.07) is 22.5. The fourth-order valence-corrected chi connectivity index (χ4v) is 4.96. The van der Waals surface area contributed by atoms with Crippen molar-refractivity contribution in [2.75, 3.05) is 28.4 Å². The van der Waals surface area contributed by atoms with E-state index in [0.717, 1.165) is 5.39 Å². The second-order valence-electron chi connectivity index (χ2n) is 9.28. The van der Waals surface area contributed by atoms with Gasteiger partial charge in [0, 0.05) is 27.1 Å². The smallest absolute Gasteiger partial charge is 0.343 e. The quantitative estimate of drug-likeness (QED) is 0.0797. The molecule has 0 saturated carbocycles. The molecule has 2 N–H and O–H groups in total. The van der Waals surface area contributed by atoms with Crippen molar-refractivity contribution < 1.29 is 33.3 Å². The third-order valence-electron chi connectivity index (χ3n) is 6.78. The molecule has 11 heteroatoms. The van der Waals surface area contributed by atoms with Gasteiger partial charge in [-0.05, 0) is 36.4 Å². The molecular weight excluding hydrogens is 586 g/mol. The number of para-hydroxylation sites is 2. The Hall–Kier alpha value is -5.48. The minimum Gasteiger partial charge on any atom is -0.495 e. The first kappa shape index (κ1) is 30.0. The molecule has 224 valence electrons. The molecule has 0 aliphatic carbocycles. The molecule has 0 radical (unpaired) electrons. The van der Waals surface area contributed by atoms with Gasteiger partial charge in [0.1, 0.15) is 17.2 Å². The molecule has 0 atom stereocenters. The number of hydrogen-bond acceptors (Lipinski definition) is 8. The Kier molecular flexibility index (Phi) is 9.01. The van der Waals surface area contributed by atoms with Crippen molar-refractivity contribution in [2.45, 2.75) is 0 Å². The number of rotatable bonds is 10. The van der Waals surface area contributed by atoms with Crippen LogP contribution in [0.1, 0.15) is 26.4 Å². The van der Waals surface area contributed by atoms with E-state index >= 15 is 0 Å². The monoisotopic (exact) mass is 613 g/mol. The van der Waals surface area contributed by atoms with Gasteiger partial charge in [0.2, 0.25) is 5.75 Å². The molecule has 0 aliphatic heterocycles. The summed E-state index contributed by atoms with van der Waals surface area (Å²) in [7, 11) is 5.94. The summed E-state index contributed by atoms with van der Waals surface area (Å²) < 4.78 is 27.2. The molecule has 1 heterocycles. The molecule has 0 aliphatic rings. The van der Waals surface area contributed by atoms with Crippen LogP contribution >= 0.6 is 11.6 Å². The largest absolute Gasteiger partial charge is 0.495 e. The van der Waals surface area contributed by atoms with E-state index in [4.69, 9.17) is 35.3 Å². The minimum absolute atomic E-state index is 0.181. The number of H-pyrrole nitrogens is 1. The number of ether oxygens (including phenoxy) is 5. The average Bonchev–Trinajstić information content (AvgIpc) is 3.44. The number of carbonyl (C=O) groups excluding carboxylic acids is 2. The molecular formula is C33H28ClN3O7. The highest BCUT2D eigenvalue weighted by Gasteiger charge is 2.23. The Morgan fingerprint density at radius 3 is 2.14 bits per heavy atom. The summed E-state index contributed by atoms with van der Waals surface area (Å²) in [6.07, 6.45) is 1.38. The molecule has 0 unspecified atom stereocenters.